The van der Waals surface area contributed by atoms with Gasteiger partial charge in [-0.05, 0) is 20.9 Å². The van der Waals surface area contributed by atoms with Crippen molar-refractivity contribution in [3.05, 3.63) is 0 Å². The Bertz CT molecular complexity index is 168. The molecule has 0 fully saturated rings. The minimum Gasteiger partial charge on any atom is -0.328 e. The van der Waals surface area contributed by atoms with Gasteiger partial charge in [0.05, 0.1) is 54.4 Å². The van der Waals surface area contributed by atoms with Gasteiger partial charge in [-0.25, -0.2) is 0 Å². The first-order chi connectivity index (χ1) is 7.22. The van der Waals surface area contributed by atoms with Gasteiger partial charge in [-0.1, -0.05) is 0 Å². The van der Waals surface area contributed by atoms with Crippen LogP contribution >= 0.6 is 0 Å². The molecule has 0 aromatic heterocycles. The van der Waals surface area contributed by atoms with Gasteiger partial charge in [-0.3, -0.25) is 4.90 Å². The maximum absolute atomic E-state index is 2.46. The van der Waals surface area contributed by atoms with E-state index in [1.54, 1.807) is 0 Å². The molecule has 0 aliphatic heterocycles. The highest BCUT2D eigenvalue weighted by Crippen LogP contribution is 1.99. The lowest BCUT2D eigenvalue weighted by atomic mass is 10.4. The number of quaternary nitrogens is 2. The van der Waals surface area contributed by atoms with Crippen LogP contribution in [0.2, 0.25) is 0 Å². The number of hydrogen-bond acceptors (Lipinski definition) is 1. The lowest BCUT2D eigenvalue weighted by Crippen LogP contribution is -2.48. The van der Waals surface area contributed by atoms with E-state index in [1.807, 2.05) is 0 Å². The molecule has 0 saturated carbocycles. The molecule has 0 saturated heterocycles. The van der Waals surface area contributed by atoms with E-state index in [4.69, 9.17) is 0 Å². The zero-order chi connectivity index (χ0) is 12.8. The van der Waals surface area contributed by atoms with Crippen LogP contribution in [0.15, 0.2) is 0 Å². The van der Waals surface area contributed by atoms with Gasteiger partial charge in [-0.15, -0.1) is 0 Å². The van der Waals surface area contributed by atoms with Gasteiger partial charge in [-0.2, -0.15) is 0 Å². The second kappa shape index (κ2) is 6.58. The fourth-order valence-electron chi connectivity index (χ4n) is 1.31. The van der Waals surface area contributed by atoms with Gasteiger partial charge < -0.3 is 8.97 Å². The molecule has 0 aliphatic rings. The fourth-order valence-corrected chi connectivity index (χ4v) is 1.31. The van der Waals surface area contributed by atoms with Crippen LogP contribution in [0.5, 0.6) is 0 Å². The molecule has 0 rings (SSSR count). The first-order valence-corrected chi connectivity index (χ1v) is 6.55. The summed E-state index contributed by atoms with van der Waals surface area (Å²) in [6.07, 6.45) is 0. The van der Waals surface area contributed by atoms with Gasteiger partial charge in [0.2, 0.25) is 0 Å². The predicted molar refractivity (Wildman–Crippen MR) is 72.5 cm³/mol. The Labute approximate surface area is 103 Å². The van der Waals surface area contributed by atoms with Crippen LogP contribution in [0.3, 0.4) is 0 Å². The van der Waals surface area contributed by atoms with E-state index >= 15 is 0 Å². The molecule has 0 atom stereocenters. The van der Waals surface area contributed by atoms with Crippen molar-refractivity contribution in [1.29, 1.82) is 0 Å². The van der Waals surface area contributed by atoms with Crippen molar-refractivity contribution in [2.45, 2.75) is 13.8 Å². The third-order valence-electron chi connectivity index (χ3n) is 3.89. The maximum atomic E-state index is 2.46. The summed E-state index contributed by atoms with van der Waals surface area (Å²) < 4.78 is 2.24. The normalized spacial score (nSPS) is 13.5. The van der Waals surface area contributed by atoms with Crippen molar-refractivity contribution in [3.8, 4) is 0 Å². The van der Waals surface area contributed by atoms with E-state index in [0.29, 0.717) is 0 Å². The van der Waals surface area contributed by atoms with E-state index in [0.717, 1.165) is 8.97 Å². The van der Waals surface area contributed by atoms with E-state index < -0.39 is 0 Å². The Balaban J connectivity index is 3.79. The van der Waals surface area contributed by atoms with Crippen molar-refractivity contribution in [3.63, 3.8) is 0 Å². The molecule has 3 heteroatoms. The van der Waals surface area contributed by atoms with Gasteiger partial charge in [0.25, 0.3) is 0 Å². The molecule has 0 aromatic rings. The highest BCUT2D eigenvalue weighted by Gasteiger charge is 2.15. The van der Waals surface area contributed by atoms with E-state index in [2.05, 4.69) is 54.0 Å². The zero-order valence-electron chi connectivity index (χ0n) is 12.6. The lowest BCUT2D eigenvalue weighted by Gasteiger charge is -2.32. The molecule has 0 heterocycles. The van der Waals surface area contributed by atoms with Gasteiger partial charge in [0.1, 0.15) is 0 Å². The first-order valence-electron chi connectivity index (χ1n) is 6.55. The summed E-state index contributed by atoms with van der Waals surface area (Å²) in [5.41, 5.74) is 0. The van der Waals surface area contributed by atoms with E-state index in [9.17, 15) is 0 Å². The first kappa shape index (κ1) is 15.9. The molecule has 98 valence electrons. The average molecular weight is 231 g/mol. The Morgan fingerprint density at radius 1 is 0.750 bits per heavy atom. The molecule has 0 unspecified atom stereocenters. The number of rotatable bonds is 8. The summed E-state index contributed by atoms with van der Waals surface area (Å²) in [4.78, 5) is 2.46. The predicted octanol–water partition coefficient (Wildman–Crippen LogP) is 1.11. The summed E-state index contributed by atoms with van der Waals surface area (Å²) in [5, 5.41) is 0. The van der Waals surface area contributed by atoms with Crippen molar-refractivity contribution in [2.75, 3.05) is 74.5 Å². The Morgan fingerprint density at radius 2 is 1.06 bits per heavy atom. The van der Waals surface area contributed by atoms with Crippen molar-refractivity contribution < 1.29 is 8.97 Å². The number of likely N-dealkylation sites (N-methyl/N-ethyl adjacent to an activating group) is 3. The van der Waals surface area contributed by atoms with E-state index in [1.165, 1.54) is 39.3 Å². The number of nitrogens with zero attached hydrogens (tertiary/aromatic N) is 3. The molecular formula is C13H33N3+2. The molecule has 16 heavy (non-hydrogen) atoms. The fraction of sp³-hybridized carbons (Fsp3) is 1.00. The van der Waals surface area contributed by atoms with Crippen LogP contribution in [-0.2, 0) is 0 Å². The Morgan fingerprint density at radius 3 is 1.31 bits per heavy atom. The van der Waals surface area contributed by atoms with Crippen LogP contribution in [-0.4, -0.2) is 88.4 Å². The molecule has 0 spiro atoms. The topological polar surface area (TPSA) is 3.24 Å². The summed E-state index contributed by atoms with van der Waals surface area (Å²) in [6.45, 7) is 11.8. The highest BCUT2D eigenvalue weighted by molar-refractivity contribution is 4.50. The minimum absolute atomic E-state index is 1.12. The monoisotopic (exact) mass is 231 g/mol. The lowest BCUT2D eigenvalue weighted by molar-refractivity contribution is -0.890. The molecule has 3 nitrogen and oxygen atoms in total. The molecule has 0 bridgehead atoms. The summed E-state index contributed by atoms with van der Waals surface area (Å²) in [5.74, 6) is 0. The Kier molecular flexibility index (Phi) is 6.53. The highest BCUT2D eigenvalue weighted by atomic mass is 15.3. The molecular weight excluding hydrogens is 198 g/mol. The third kappa shape index (κ3) is 7.20. The van der Waals surface area contributed by atoms with Crippen molar-refractivity contribution >= 4 is 0 Å². The average Bonchev–Trinajstić information content (AvgIpc) is 2.24. The van der Waals surface area contributed by atoms with Crippen LogP contribution in [0.25, 0.3) is 0 Å². The molecule has 0 N–H and O–H groups in total. The Hall–Kier alpha value is -0.120. The molecule has 0 radical (unpaired) electrons. The summed E-state index contributed by atoms with van der Waals surface area (Å²) in [7, 11) is 11.5. The largest absolute Gasteiger partial charge is 0.328 e. The zero-order valence-corrected chi connectivity index (χ0v) is 12.6. The van der Waals surface area contributed by atoms with Crippen LogP contribution in [0.4, 0.5) is 0 Å². The smallest absolute Gasteiger partial charge is 0.0911 e. The van der Waals surface area contributed by atoms with Crippen molar-refractivity contribution in [2.24, 2.45) is 0 Å². The molecule has 0 amide bonds. The van der Waals surface area contributed by atoms with Crippen molar-refractivity contribution in [1.82, 2.24) is 4.90 Å². The third-order valence-corrected chi connectivity index (χ3v) is 3.89. The standard InChI is InChI=1S/C13H33N3/c1-8-15(4,5)12-10-14(3)11-13-16(6,7)9-2/h8-13H2,1-7H3/q+2. The van der Waals surface area contributed by atoms with E-state index in [-0.39, 0.29) is 0 Å². The number of hydrogen-bond donors (Lipinski definition) is 0. The second-order valence-electron chi connectivity index (χ2n) is 6.25. The molecule has 0 aliphatic carbocycles. The second-order valence-corrected chi connectivity index (χ2v) is 6.25. The summed E-state index contributed by atoms with van der Waals surface area (Å²) in [6, 6.07) is 0. The van der Waals surface area contributed by atoms with Crippen LogP contribution in [0, 0.1) is 0 Å². The molecule has 0 aromatic carbocycles. The SMILES string of the molecule is CC[N+](C)(C)CCN(C)CC[N+](C)(C)CC. The van der Waals surface area contributed by atoms with Gasteiger partial charge in [0, 0.05) is 13.1 Å². The summed E-state index contributed by atoms with van der Waals surface area (Å²) >= 11 is 0. The van der Waals surface area contributed by atoms with Gasteiger partial charge >= 0.3 is 0 Å². The quantitative estimate of drug-likeness (QED) is 0.566. The van der Waals surface area contributed by atoms with Crippen LogP contribution in [0.1, 0.15) is 13.8 Å². The minimum atomic E-state index is 1.12. The van der Waals surface area contributed by atoms with Gasteiger partial charge in [0.15, 0.2) is 0 Å². The maximum Gasteiger partial charge on any atom is 0.0911 e. The van der Waals surface area contributed by atoms with Crippen LogP contribution < -0.4 is 0 Å².